The summed E-state index contributed by atoms with van der Waals surface area (Å²) in [6, 6.07) is 0. The molecular weight excluding hydrogens is 612 g/mol. The number of carbonyl (C=O) groups excluding carboxylic acids is 1. The maximum atomic E-state index is 12.8. The molecule has 46 heavy (non-hydrogen) atoms. The second-order valence-electron chi connectivity index (χ2n) is 10.5. The van der Waals surface area contributed by atoms with Crippen molar-refractivity contribution in [3.63, 3.8) is 0 Å². The monoisotopic (exact) mass is 655 g/mol. The molecule has 3 heterocycles. The molecule has 10 N–H and O–H groups in total. The van der Waals surface area contributed by atoms with Gasteiger partial charge >= 0.3 is 11.9 Å². The number of rotatable bonds is 13. The van der Waals surface area contributed by atoms with Crippen LogP contribution < -0.4 is 16.0 Å². The van der Waals surface area contributed by atoms with Gasteiger partial charge in [-0.3, -0.25) is 4.99 Å². The zero-order valence-corrected chi connectivity index (χ0v) is 25.7. The first-order chi connectivity index (χ1) is 21.9. The average Bonchev–Trinajstić information content (AvgIpc) is 3.03. The van der Waals surface area contributed by atoms with Gasteiger partial charge in [0.15, 0.2) is 18.4 Å². The van der Waals surface area contributed by atoms with Gasteiger partial charge < -0.3 is 70.3 Å². The Kier molecular flexibility index (Phi) is 13.0. The zero-order valence-electron chi connectivity index (χ0n) is 25.7. The first-order valence-corrected chi connectivity index (χ1v) is 14.4. The van der Waals surface area contributed by atoms with E-state index in [9.17, 15) is 40.2 Å². The van der Waals surface area contributed by atoms with E-state index >= 15 is 0 Å². The van der Waals surface area contributed by atoms with Gasteiger partial charge in [-0.25, -0.2) is 9.59 Å². The lowest BCUT2D eigenvalue weighted by Crippen LogP contribution is -3.09. The Morgan fingerprint density at radius 2 is 2.02 bits per heavy atom. The molecule has 3 aliphatic rings. The van der Waals surface area contributed by atoms with E-state index in [-0.39, 0.29) is 49.1 Å². The molecule has 0 aliphatic carbocycles. The van der Waals surface area contributed by atoms with Crippen molar-refractivity contribution in [1.82, 2.24) is 5.32 Å². The number of carboxylic acids is 1. The molecule has 0 aromatic carbocycles. The Bertz CT molecular complexity index is 1280. The van der Waals surface area contributed by atoms with Gasteiger partial charge in [-0.05, 0) is 6.92 Å². The number of ether oxygens (including phenoxy) is 5. The Hall–Kier alpha value is -3.65. The van der Waals surface area contributed by atoms with E-state index in [2.05, 4.69) is 16.9 Å². The summed E-state index contributed by atoms with van der Waals surface area (Å²) in [6.45, 7) is 4.84. The number of aliphatic imine (C=N–C) groups is 1. The fraction of sp³-hybridized carbons (Fsp3) is 0.552. The van der Waals surface area contributed by atoms with E-state index in [0.717, 1.165) is 6.26 Å². The van der Waals surface area contributed by atoms with Gasteiger partial charge in [-0.1, -0.05) is 18.2 Å². The molecule has 0 bridgehead atoms. The summed E-state index contributed by atoms with van der Waals surface area (Å²) >= 11 is 0. The summed E-state index contributed by atoms with van der Waals surface area (Å²) in [5.74, 6) is -6.66. The number of nitrogens with two attached hydrogens (primary N) is 1. The molecule has 1 fully saturated rings. The highest BCUT2D eigenvalue weighted by Gasteiger charge is 2.57. The first kappa shape index (κ1) is 36.8. The molecule has 1 saturated heterocycles. The molecule has 0 amide bonds. The number of nitrogens with zero attached hydrogens (tertiary/aromatic N) is 1. The van der Waals surface area contributed by atoms with Crippen molar-refractivity contribution >= 4 is 17.9 Å². The van der Waals surface area contributed by atoms with Gasteiger partial charge in [0.05, 0.1) is 43.8 Å². The van der Waals surface area contributed by atoms with Crippen molar-refractivity contribution in [2.24, 2.45) is 22.6 Å². The molecular formula is C29H43N4O13+. The lowest BCUT2D eigenvalue weighted by Gasteiger charge is -2.47. The maximum Gasteiger partial charge on any atom is 0.343 e. The minimum absolute atomic E-state index is 0.0256. The fourth-order valence-electron chi connectivity index (χ4n) is 5.32. The van der Waals surface area contributed by atoms with Crippen LogP contribution in [0.2, 0.25) is 0 Å². The van der Waals surface area contributed by atoms with E-state index in [0.29, 0.717) is 10.5 Å². The highest BCUT2D eigenvalue weighted by atomic mass is 16.8. The Morgan fingerprint density at radius 1 is 1.30 bits per heavy atom. The molecule has 17 nitrogen and oxygen atoms in total. The van der Waals surface area contributed by atoms with Gasteiger partial charge in [-0.15, -0.1) is 6.58 Å². The molecule has 3 aliphatic heterocycles. The minimum atomic E-state index is -2.88. The van der Waals surface area contributed by atoms with Crippen LogP contribution in [0.25, 0.3) is 0 Å². The number of aliphatic carboxylic acids is 1. The lowest BCUT2D eigenvalue weighted by molar-refractivity contribution is -0.843. The number of carboxylic acid groups (broad SMARTS) is 1. The highest BCUT2D eigenvalue weighted by molar-refractivity contribution is 5.94. The standard InChI is InChI=1S/C29H42N4O13/c1-5-16-17(8-7-15-11-33(9-10-34)12-18(24(37)38)21(15)32-28(30)31-3)19(25(39)42-4)14-44-26(16)46-27-23(43-6-2)29(40,41)22(36)20(13-35)45-27/h5,7-8,12,14,16-17,20,22-23,26-27,34-36,40-41H,1,6,9-11,13H2,2-4H3,(H,37,38)(H3,30,31,32)/p+1/b8-7+/t16-,17+,20-,22-,23+,26+,27+/m1/s1. The lowest BCUT2D eigenvalue weighted by atomic mass is 9.83. The summed E-state index contributed by atoms with van der Waals surface area (Å²) in [4.78, 5) is 29.5. The van der Waals surface area contributed by atoms with Crippen LogP contribution in [-0.4, -0.2) is 132 Å². The number of aliphatic hydroxyl groups excluding tert-OH is 3. The number of aliphatic hydroxyl groups is 5. The molecule has 0 saturated carbocycles. The normalized spacial score (nSPS) is 31.5. The van der Waals surface area contributed by atoms with Crippen LogP contribution >= 0.6 is 0 Å². The number of nitrogens with one attached hydrogen (secondary N) is 2. The third-order valence-corrected chi connectivity index (χ3v) is 7.69. The predicted molar refractivity (Wildman–Crippen MR) is 158 cm³/mol. The summed E-state index contributed by atoms with van der Waals surface area (Å²) in [5, 5.41) is 63.7. The third-order valence-electron chi connectivity index (χ3n) is 7.69. The SMILES string of the molecule is C=C[C@H]1[C@H](O[C@@H]2O[C@H](CO)[C@@H](O)C(O)(O)[C@H]2OCC)OC=C(C(=O)OC)[C@H]1/C=C/C1=C(NC(N)=NC)C(C(=O)O)=C[NH+](CCO)C1. The Morgan fingerprint density at radius 3 is 2.59 bits per heavy atom. The summed E-state index contributed by atoms with van der Waals surface area (Å²) in [6.07, 6.45) is -0.730. The van der Waals surface area contributed by atoms with Crippen molar-refractivity contribution in [2.45, 2.75) is 43.6 Å². The number of quaternary nitrogens is 1. The minimum Gasteiger partial charge on any atom is -0.477 e. The second kappa shape index (κ2) is 16.3. The molecule has 8 atom stereocenters. The smallest absolute Gasteiger partial charge is 0.343 e. The Labute approximate surface area is 265 Å². The molecule has 3 rings (SSSR count). The van der Waals surface area contributed by atoms with Crippen LogP contribution in [0.1, 0.15) is 6.92 Å². The summed E-state index contributed by atoms with van der Waals surface area (Å²) < 4.78 is 27.7. The third kappa shape index (κ3) is 8.00. The van der Waals surface area contributed by atoms with Gasteiger partial charge in [0.1, 0.15) is 37.1 Å². The van der Waals surface area contributed by atoms with Crippen LogP contribution in [0.4, 0.5) is 0 Å². The Balaban J connectivity index is 2.06. The van der Waals surface area contributed by atoms with Crippen molar-refractivity contribution in [1.29, 1.82) is 0 Å². The zero-order chi connectivity index (χ0) is 34.2. The highest BCUT2D eigenvalue weighted by Crippen LogP contribution is 2.38. The quantitative estimate of drug-likeness (QED) is 0.0303. The van der Waals surface area contributed by atoms with Crippen molar-refractivity contribution in [3.8, 4) is 0 Å². The predicted octanol–water partition coefficient (Wildman–Crippen LogP) is -3.80. The average molecular weight is 656 g/mol. The van der Waals surface area contributed by atoms with E-state index in [1.165, 1.54) is 26.4 Å². The number of esters is 1. The van der Waals surface area contributed by atoms with Crippen LogP contribution in [0.15, 0.2) is 64.7 Å². The van der Waals surface area contributed by atoms with Crippen molar-refractivity contribution in [3.05, 3.63) is 59.7 Å². The largest absolute Gasteiger partial charge is 0.477 e. The van der Waals surface area contributed by atoms with Crippen LogP contribution in [0, 0.1) is 11.8 Å². The topological polar surface area (TPSA) is 257 Å². The van der Waals surface area contributed by atoms with Crippen LogP contribution in [0.3, 0.4) is 0 Å². The molecule has 1 unspecified atom stereocenters. The molecule has 256 valence electrons. The van der Waals surface area contributed by atoms with Gasteiger partial charge in [0.2, 0.25) is 12.1 Å². The van der Waals surface area contributed by atoms with E-state index in [1.807, 2.05) is 0 Å². The number of allylic oxidation sites excluding steroid dienone is 1. The molecule has 0 aromatic rings. The fourth-order valence-corrected chi connectivity index (χ4v) is 5.32. The number of methoxy groups -OCH3 is 1. The number of carbonyl (C=O) groups is 2. The van der Waals surface area contributed by atoms with Crippen LogP contribution in [-0.2, 0) is 33.3 Å². The van der Waals surface area contributed by atoms with Crippen molar-refractivity contribution < 1.29 is 68.8 Å². The number of hydrogen-bond acceptors (Lipinski definition) is 13. The van der Waals surface area contributed by atoms with E-state index in [4.69, 9.17) is 29.4 Å². The molecule has 0 aromatic heterocycles. The first-order valence-electron chi connectivity index (χ1n) is 14.4. The second-order valence-corrected chi connectivity index (χ2v) is 10.5. The van der Waals surface area contributed by atoms with Gasteiger partial charge in [0, 0.05) is 25.1 Å². The summed E-state index contributed by atoms with van der Waals surface area (Å²) in [5.41, 5.74) is 6.41. The number of hydrogen-bond donors (Lipinski definition) is 9. The summed E-state index contributed by atoms with van der Waals surface area (Å²) in [7, 11) is 2.60. The maximum absolute atomic E-state index is 12.8. The molecule has 0 spiro atoms. The van der Waals surface area contributed by atoms with Gasteiger partial charge in [-0.2, -0.15) is 0 Å². The number of guanidine groups is 1. The van der Waals surface area contributed by atoms with Crippen molar-refractivity contribution in [2.75, 3.05) is 47.1 Å². The molecule has 17 heteroatoms. The van der Waals surface area contributed by atoms with Gasteiger partial charge in [0.25, 0.3) is 0 Å². The van der Waals surface area contributed by atoms with E-state index in [1.54, 1.807) is 19.1 Å². The van der Waals surface area contributed by atoms with Crippen LogP contribution in [0.5, 0.6) is 0 Å². The van der Waals surface area contributed by atoms with E-state index < -0.39 is 67.1 Å². The molecule has 0 radical (unpaired) electrons.